The number of imidazole rings is 1. The van der Waals surface area contributed by atoms with E-state index in [4.69, 9.17) is 4.98 Å². The molecular formula is C19H27N5O. The van der Waals surface area contributed by atoms with Gasteiger partial charge in [-0.1, -0.05) is 6.07 Å². The highest BCUT2D eigenvalue weighted by Crippen LogP contribution is 2.21. The Balaban J connectivity index is 1.42. The molecule has 1 unspecified atom stereocenters. The zero-order valence-corrected chi connectivity index (χ0v) is 14.9. The van der Waals surface area contributed by atoms with Crippen LogP contribution in [0.2, 0.25) is 0 Å². The summed E-state index contributed by atoms with van der Waals surface area (Å²) in [5.41, 5.74) is 3.31. The number of hydrogen-bond acceptors (Lipinski definition) is 4. The molecular weight excluding hydrogens is 314 g/mol. The number of amides is 1. The van der Waals surface area contributed by atoms with E-state index in [0.29, 0.717) is 5.91 Å². The smallest absolute Gasteiger partial charge is 0.227 e. The molecule has 0 aliphatic carbocycles. The van der Waals surface area contributed by atoms with Gasteiger partial charge in [-0.2, -0.15) is 0 Å². The quantitative estimate of drug-likeness (QED) is 0.914. The molecule has 0 radical (unpaired) electrons. The summed E-state index contributed by atoms with van der Waals surface area (Å²) < 4.78 is 2.10. The van der Waals surface area contributed by atoms with Gasteiger partial charge in [0.25, 0.3) is 0 Å². The summed E-state index contributed by atoms with van der Waals surface area (Å²) in [4.78, 5) is 22.0. The van der Waals surface area contributed by atoms with Gasteiger partial charge in [0.15, 0.2) is 0 Å². The van der Waals surface area contributed by atoms with Crippen LogP contribution in [-0.2, 0) is 11.3 Å². The van der Waals surface area contributed by atoms with Crippen molar-refractivity contribution < 1.29 is 4.79 Å². The number of nitrogens with zero attached hydrogens (tertiary/aromatic N) is 4. The fourth-order valence-electron chi connectivity index (χ4n) is 4.05. The van der Waals surface area contributed by atoms with Gasteiger partial charge in [0.2, 0.25) is 5.91 Å². The summed E-state index contributed by atoms with van der Waals surface area (Å²) in [6.07, 6.45) is 6.27. The standard InChI is InChI=1S/C19H27N5O/c1-15-4-2-9-24-14-17(21-18(15)24)13-22-8-3-5-16(12-22)19(25)23-10-6-20-7-11-23/h2,4,9,14,16,20H,3,5-8,10-13H2,1H3. The minimum atomic E-state index is 0.144. The van der Waals surface area contributed by atoms with Crippen molar-refractivity contribution >= 4 is 11.6 Å². The summed E-state index contributed by atoms with van der Waals surface area (Å²) in [7, 11) is 0. The molecule has 4 rings (SSSR count). The average molecular weight is 341 g/mol. The number of nitrogens with one attached hydrogen (secondary N) is 1. The molecule has 2 aliphatic rings. The Hall–Kier alpha value is -1.92. The monoisotopic (exact) mass is 341 g/mol. The van der Waals surface area contributed by atoms with Crippen LogP contribution in [0.15, 0.2) is 24.5 Å². The number of aromatic nitrogens is 2. The maximum Gasteiger partial charge on any atom is 0.227 e. The summed E-state index contributed by atoms with van der Waals surface area (Å²) in [6.45, 7) is 8.36. The Bertz CT molecular complexity index is 749. The van der Waals surface area contributed by atoms with Crippen molar-refractivity contribution in [3.05, 3.63) is 35.8 Å². The van der Waals surface area contributed by atoms with Gasteiger partial charge in [-0.15, -0.1) is 0 Å². The molecule has 0 bridgehead atoms. The second-order valence-electron chi connectivity index (χ2n) is 7.30. The van der Waals surface area contributed by atoms with Crippen molar-refractivity contribution in [3.63, 3.8) is 0 Å². The molecule has 0 aromatic carbocycles. The molecule has 134 valence electrons. The van der Waals surface area contributed by atoms with Gasteiger partial charge < -0.3 is 14.6 Å². The number of piperazine rings is 1. The lowest BCUT2D eigenvalue weighted by Crippen LogP contribution is -2.51. The van der Waals surface area contributed by atoms with E-state index in [2.05, 4.69) is 39.9 Å². The largest absolute Gasteiger partial charge is 0.340 e. The number of likely N-dealkylation sites (tertiary alicyclic amines) is 1. The summed E-state index contributed by atoms with van der Waals surface area (Å²) in [5.74, 6) is 0.489. The molecule has 0 spiro atoms. The number of piperidine rings is 1. The molecule has 1 atom stereocenters. The van der Waals surface area contributed by atoms with Crippen LogP contribution >= 0.6 is 0 Å². The molecule has 2 fully saturated rings. The maximum atomic E-state index is 12.8. The van der Waals surface area contributed by atoms with Crippen LogP contribution in [-0.4, -0.2) is 64.4 Å². The molecule has 2 saturated heterocycles. The minimum Gasteiger partial charge on any atom is -0.340 e. The highest BCUT2D eigenvalue weighted by Gasteiger charge is 2.30. The fraction of sp³-hybridized carbons (Fsp3) is 0.579. The first-order valence-corrected chi connectivity index (χ1v) is 9.36. The zero-order chi connectivity index (χ0) is 17.2. The average Bonchev–Trinajstić information content (AvgIpc) is 3.06. The van der Waals surface area contributed by atoms with E-state index >= 15 is 0 Å². The lowest BCUT2D eigenvalue weighted by Gasteiger charge is -2.36. The molecule has 1 amide bonds. The number of carbonyl (C=O) groups is 1. The Morgan fingerprint density at radius 2 is 2.16 bits per heavy atom. The lowest BCUT2D eigenvalue weighted by molar-refractivity contribution is -0.138. The van der Waals surface area contributed by atoms with E-state index in [1.807, 2.05) is 11.1 Å². The molecule has 25 heavy (non-hydrogen) atoms. The SMILES string of the molecule is Cc1cccn2cc(CN3CCCC(C(=O)N4CCNCC4)C3)nc12. The van der Waals surface area contributed by atoms with Crippen LogP contribution in [0.1, 0.15) is 24.1 Å². The Morgan fingerprint density at radius 3 is 2.96 bits per heavy atom. The summed E-state index contributed by atoms with van der Waals surface area (Å²) in [6, 6.07) is 4.14. The highest BCUT2D eigenvalue weighted by atomic mass is 16.2. The van der Waals surface area contributed by atoms with Crippen LogP contribution in [0.25, 0.3) is 5.65 Å². The summed E-state index contributed by atoms with van der Waals surface area (Å²) >= 11 is 0. The Kier molecular flexibility index (Phi) is 4.72. The number of hydrogen-bond donors (Lipinski definition) is 1. The molecule has 0 saturated carbocycles. The van der Waals surface area contributed by atoms with Crippen LogP contribution < -0.4 is 5.32 Å². The number of fused-ring (bicyclic) bond motifs is 1. The van der Waals surface area contributed by atoms with Gasteiger partial charge in [-0.05, 0) is 37.9 Å². The number of rotatable bonds is 3. The van der Waals surface area contributed by atoms with Crippen LogP contribution in [0.5, 0.6) is 0 Å². The highest BCUT2D eigenvalue weighted by molar-refractivity contribution is 5.79. The lowest BCUT2D eigenvalue weighted by atomic mass is 9.96. The first-order valence-electron chi connectivity index (χ1n) is 9.36. The predicted molar refractivity (Wildman–Crippen MR) is 97.4 cm³/mol. The Morgan fingerprint density at radius 1 is 1.32 bits per heavy atom. The second kappa shape index (κ2) is 7.14. The first kappa shape index (κ1) is 16.5. The van der Waals surface area contributed by atoms with Gasteiger partial charge in [0, 0.05) is 51.7 Å². The molecule has 6 nitrogen and oxygen atoms in total. The summed E-state index contributed by atoms with van der Waals surface area (Å²) in [5, 5.41) is 3.32. The topological polar surface area (TPSA) is 52.9 Å². The van der Waals surface area contributed by atoms with E-state index in [1.54, 1.807) is 0 Å². The number of pyridine rings is 1. The van der Waals surface area contributed by atoms with E-state index in [9.17, 15) is 4.79 Å². The van der Waals surface area contributed by atoms with Crippen molar-refractivity contribution in [2.24, 2.45) is 5.92 Å². The third-order valence-corrected chi connectivity index (χ3v) is 5.40. The molecule has 2 aliphatic heterocycles. The molecule has 6 heteroatoms. The van der Waals surface area contributed by atoms with Crippen LogP contribution in [0, 0.1) is 12.8 Å². The van der Waals surface area contributed by atoms with Gasteiger partial charge in [-0.25, -0.2) is 4.98 Å². The third-order valence-electron chi connectivity index (χ3n) is 5.40. The van der Waals surface area contributed by atoms with E-state index in [-0.39, 0.29) is 5.92 Å². The van der Waals surface area contributed by atoms with Crippen LogP contribution in [0.4, 0.5) is 0 Å². The number of aryl methyl sites for hydroxylation is 1. The molecule has 2 aromatic rings. The van der Waals surface area contributed by atoms with E-state index in [0.717, 1.165) is 70.0 Å². The Labute approximate surface area is 148 Å². The second-order valence-corrected chi connectivity index (χ2v) is 7.30. The third kappa shape index (κ3) is 3.55. The molecule has 2 aromatic heterocycles. The van der Waals surface area contributed by atoms with Crippen molar-refractivity contribution in [1.29, 1.82) is 0 Å². The fourth-order valence-corrected chi connectivity index (χ4v) is 4.05. The van der Waals surface area contributed by atoms with Crippen LogP contribution in [0.3, 0.4) is 0 Å². The first-order chi connectivity index (χ1) is 12.2. The molecule has 1 N–H and O–H groups in total. The van der Waals surface area contributed by atoms with Crippen molar-refractivity contribution in [1.82, 2.24) is 24.5 Å². The zero-order valence-electron chi connectivity index (χ0n) is 14.9. The van der Waals surface area contributed by atoms with Gasteiger partial charge >= 0.3 is 0 Å². The van der Waals surface area contributed by atoms with Crippen molar-refractivity contribution in [2.75, 3.05) is 39.3 Å². The normalized spacial score (nSPS) is 22.4. The molecule has 4 heterocycles. The maximum absolute atomic E-state index is 12.8. The van der Waals surface area contributed by atoms with Crippen molar-refractivity contribution in [3.8, 4) is 0 Å². The minimum absolute atomic E-state index is 0.144. The number of carbonyl (C=O) groups excluding carboxylic acids is 1. The van der Waals surface area contributed by atoms with E-state index in [1.165, 1.54) is 5.56 Å². The van der Waals surface area contributed by atoms with Gasteiger partial charge in [0.05, 0.1) is 11.6 Å². The predicted octanol–water partition coefficient (Wildman–Crippen LogP) is 1.29. The van der Waals surface area contributed by atoms with Gasteiger partial charge in [0.1, 0.15) is 5.65 Å². The van der Waals surface area contributed by atoms with E-state index < -0.39 is 0 Å². The van der Waals surface area contributed by atoms with Gasteiger partial charge in [-0.3, -0.25) is 9.69 Å². The van der Waals surface area contributed by atoms with Crippen molar-refractivity contribution in [2.45, 2.75) is 26.3 Å².